The summed E-state index contributed by atoms with van der Waals surface area (Å²) in [7, 11) is -3.60. The third-order valence-electron chi connectivity index (χ3n) is 3.81. The van der Waals surface area contributed by atoms with Crippen molar-refractivity contribution in [3.8, 4) is 6.07 Å². The van der Waals surface area contributed by atoms with Crippen LogP contribution in [0, 0.1) is 11.3 Å². The smallest absolute Gasteiger partial charge is 0.251 e. The molecule has 0 bridgehead atoms. The Labute approximate surface area is 146 Å². The van der Waals surface area contributed by atoms with Crippen molar-refractivity contribution in [1.29, 1.82) is 5.26 Å². The first kappa shape index (κ1) is 17.1. The molecule has 0 unspecified atom stereocenters. The Morgan fingerprint density at radius 3 is 2.64 bits per heavy atom. The molecular weight excluding hydrogens is 338 g/mol. The van der Waals surface area contributed by atoms with E-state index < -0.39 is 10.0 Å². The predicted molar refractivity (Wildman–Crippen MR) is 92.1 cm³/mol. The number of hydrogen-bond donors (Lipinski definition) is 2. The number of carbonyl (C=O) groups is 1. The quantitative estimate of drug-likeness (QED) is 0.827. The lowest BCUT2D eigenvalue weighted by Gasteiger charge is -2.09. The molecule has 128 valence electrons. The van der Waals surface area contributed by atoms with Crippen LogP contribution in [0.4, 0.5) is 0 Å². The van der Waals surface area contributed by atoms with Crippen molar-refractivity contribution in [2.24, 2.45) is 0 Å². The topological polar surface area (TPSA) is 99.1 Å². The average molecular weight is 355 g/mol. The highest BCUT2D eigenvalue weighted by atomic mass is 32.2. The van der Waals surface area contributed by atoms with Crippen molar-refractivity contribution in [2.45, 2.75) is 30.3 Å². The van der Waals surface area contributed by atoms with Gasteiger partial charge in [-0.3, -0.25) is 4.79 Å². The Morgan fingerprint density at radius 1 is 1.16 bits per heavy atom. The molecule has 2 N–H and O–H groups in total. The van der Waals surface area contributed by atoms with Gasteiger partial charge in [-0.1, -0.05) is 18.2 Å². The molecule has 0 aliphatic heterocycles. The van der Waals surface area contributed by atoms with E-state index in [1.807, 2.05) is 12.1 Å². The molecule has 7 heteroatoms. The number of nitriles is 1. The van der Waals surface area contributed by atoms with E-state index in [9.17, 15) is 13.2 Å². The van der Waals surface area contributed by atoms with Crippen LogP contribution in [0.15, 0.2) is 53.4 Å². The molecule has 0 heterocycles. The number of amides is 1. The molecule has 1 aliphatic carbocycles. The van der Waals surface area contributed by atoms with Crippen molar-refractivity contribution in [3.05, 3.63) is 65.2 Å². The minimum Gasteiger partial charge on any atom is -0.348 e. The van der Waals surface area contributed by atoms with Gasteiger partial charge in [-0.15, -0.1) is 0 Å². The molecule has 2 aromatic carbocycles. The van der Waals surface area contributed by atoms with Gasteiger partial charge in [-0.2, -0.15) is 5.26 Å². The molecule has 6 nitrogen and oxygen atoms in total. The van der Waals surface area contributed by atoms with Gasteiger partial charge in [-0.05, 0) is 48.7 Å². The van der Waals surface area contributed by atoms with Crippen LogP contribution < -0.4 is 10.0 Å². The highest BCUT2D eigenvalue weighted by Gasteiger charge is 2.28. The summed E-state index contributed by atoms with van der Waals surface area (Å²) in [5, 5.41) is 11.6. The molecule has 1 amide bonds. The number of nitrogens with one attached hydrogen (secondary N) is 2. The maximum atomic E-state index is 12.3. The second kappa shape index (κ2) is 7.05. The van der Waals surface area contributed by atoms with Crippen molar-refractivity contribution in [1.82, 2.24) is 10.0 Å². The first-order chi connectivity index (χ1) is 12.0. The summed E-state index contributed by atoms with van der Waals surface area (Å²) in [5.41, 5.74) is 1.59. The standard InChI is InChI=1S/C18H17N3O3S/c19-11-13-3-1-4-14(9-13)12-20-18(22)15-5-2-6-17(10-15)25(23,24)21-16-7-8-16/h1-6,9-10,16,21H,7-8,12H2,(H,20,22). The first-order valence-electron chi connectivity index (χ1n) is 7.87. The second-order valence-corrected chi connectivity index (χ2v) is 7.63. The summed E-state index contributed by atoms with van der Waals surface area (Å²) < 4.78 is 27.1. The fourth-order valence-corrected chi connectivity index (χ4v) is 3.68. The van der Waals surface area contributed by atoms with Gasteiger partial charge in [0.1, 0.15) is 0 Å². The SMILES string of the molecule is N#Cc1cccc(CNC(=O)c2cccc(S(=O)(=O)NC3CC3)c2)c1. The summed E-state index contributed by atoms with van der Waals surface area (Å²) in [5.74, 6) is -0.370. The van der Waals surface area contributed by atoms with Crippen LogP contribution in [0.5, 0.6) is 0 Å². The summed E-state index contributed by atoms with van der Waals surface area (Å²) in [4.78, 5) is 12.4. The Hall–Kier alpha value is -2.69. The summed E-state index contributed by atoms with van der Waals surface area (Å²) in [6.45, 7) is 0.256. The lowest BCUT2D eigenvalue weighted by atomic mass is 10.1. The van der Waals surface area contributed by atoms with E-state index in [0.717, 1.165) is 18.4 Å². The van der Waals surface area contributed by atoms with Crippen molar-refractivity contribution in [3.63, 3.8) is 0 Å². The number of nitrogens with zero attached hydrogens (tertiary/aromatic N) is 1. The molecule has 0 atom stereocenters. The summed E-state index contributed by atoms with van der Waals surface area (Å²) in [6.07, 6.45) is 1.70. The van der Waals surface area contributed by atoms with Crippen LogP contribution in [0.2, 0.25) is 0 Å². The number of sulfonamides is 1. The van der Waals surface area contributed by atoms with Crippen LogP contribution in [0.3, 0.4) is 0 Å². The molecular formula is C18H17N3O3S. The zero-order chi connectivity index (χ0) is 17.9. The van der Waals surface area contributed by atoms with Gasteiger partial charge in [-0.25, -0.2) is 13.1 Å². The minimum absolute atomic E-state index is 0.00916. The van der Waals surface area contributed by atoms with Gasteiger partial charge >= 0.3 is 0 Å². The zero-order valence-electron chi connectivity index (χ0n) is 13.4. The highest BCUT2D eigenvalue weighted by molar-refractivity contribution is 7.89. The predicted octanol–water partition coefficient (Wildman–Crippen LogP) is 1.93. The molecule has 1 aliphatic rings. The van der Waals surface area contributed by atoms with Gasteiger partial charge < -0.3 is 5.32 Å². The summed E-state index contributed by atoms with van der Waals surface area (Å²) >= 11 is 0. The van der Waals surface area contributed by atoms with E-state index >= 15 is 0 Å². The molecule has 1 saturated carbocycles. The molecule has 25 heavy (non-hydrogen) atoms. The first-order valence-corrected chi connectivity index (χ1v) is 9.36. The highest BCUT2D eigenvalue weighted by Crippen LogP contribution is 2.22. The van der Waals surface area contributed by atoms with Gasteiger partial charge in [0.25, 0.3) is 5.91 Å². The van der Waals surface area contributed by atoms with Crippen LogP contribution in [-0.2, 0) is 16.6 Å². The van der Waals surface area contributed by atoms with E-state index in [1.54, 1.807) is 30.3 Å². The number of benzene rings is 2. The van der Waals surface area contributed by atoms with E-state index in [2.05, 4.69) is 10.0 Å². The fourth-order valence-electron chi connectivity index (χ4n) is 2.33. The second-order valence-electron chi connectivity index (χ2n) is 5.92. The fraction of sp³-hybridized carbons (Fsp3) is 0.222. The van der Waals surface area contributed by atoms with E-state index in [4.69, 9.17) is 5.26 Å². The lowest BCUT2D eigenvalue weighted by molar-refractivity contribution is 0.0950. The Balaban J connectivity index is 1.69. The van der Waals surface area contributed by atoms with Gasteiger partial charge in [0.05, 0.1) is 16.5 Å². The van der Waals surface area contributed by atoms with E-state index in [1.165, 1.54) is 12.1 Å². The maximum absolute atomic E-state index is 12.3. The number of hydrogen-bond acceptors (Lipinski definition) is 4. The maximum Gasteiger partial charge on any atom is 0.251 e. The zero-order valence-corrected chi connectivity index (χ0v) is 14.2. The van der Waals surface area contributed by atoms with Crippen molar-refractivity contribution < 1.29 is 13.2 Å². The molecule has 2 aromatic rings. The van der Waals surface area contributed by atoms with Crippen molar-refractivity contribution >= 4 is 15.9 Å². The molecule has 0 radical (unpaired) electrons. The molecule has 1 fully saturated rings. The van der Waals surface area contributed by atoms with E-state index in [0.29, 0.717) is 5.56 Å². The molecule has 0 saturated heterocycles. The van der Waals surface area contributed by atoms with Gasteiger partial charge in [0.15, 0.2) is 0 Å². The number of rotatable bonds is 6. The molecule has 0 aromatic heterocycles. The third-order valence-corrected chi connectivity index (χ3v) is 5.33. The van der Waals surface area contributed by atoms with Crippen LogP contribution in [0.1, 0.15) is 34.3 Å². The monoisotopic (exact) mass is 355 g/mol. The van der Waals surface area contributed by atoms with Crippen LogP contribution >= 0.6 is 0 Å². The Morgan fingerprint density at radius 2 is 1.92 bits per heavy atom. The third kappa shape index (κ3) is 4.44. The van der Waals surface area contributed by atoms with Crippen LogP contribution in [0.25, 0.3) is 0 Å². The summed E-state index contributed by atoms with van der Waals surface area (Å²) in [6, 6.07) is 14.9. The van der Waals surface area contributed by atoms with Gasteiger partial charge in [0, 0.05) is 18.2 Å². The van der Waals surface area contributed by atoms with Gasteiger partial charge in [0.2, 0.25) is 10.0 Å². The number of carbonyl (C=O) groups excluding carboxylic acids is 1. The largest absolute Gasteiger partial charge is 0.348 e. The molecule has 3 rings (SSSR count). The normalized spacial score (nSPS) is 13.9. The lowest BCUT2D eigenvalue weighted by Crippen LogP contribution is -2.27. The Kier molecular flexibility index (Phi) is 4.83. The minimum atomic E-state index is -3.60. The Bertz CT molecular complexity index is 944. The van der Waals surface area contributed by atoms with Crippen molar-refractivity contribution in [2.75, 3.05) is 0 Å². The van der Waals surface area contributed by atoms with E-state index in [-0.39, 0.29) is 29.0 Å². The average Bonchev–Trinajstić information content (AvgIpc) is 3.43. The van der Waals surface area contributed by atoms with Crippen LogP contribution in [-0.4, -0.2) is 20.4 Å². The molecule has 0 spiro atoms.